The van der Waals surface area contributed by atoms with E-state index < -0.39 is 0 Å². The Labute approximate surface area is 98.7 Å². The monoisotopic (exact) mass is 221 g/mol. The highest BCUT2D eigenvalue weighted by Crippen LogP contribution is 2.18. The van der Waals surface area contributed by atoms with Crippen LogP contribution in [-0.4, -0.2) is 18.1 Å². The van der Waals surface area contributed by atoms with Gasteiger partial charge in [0.2, 0.25) is 0 Å². The summed E-state index contributed by atoms with van der Waals surface area (Å²) in [7, 11) is 2.13. The molecule has 1 atom stereocenters. The van der Waals surface area contributed by atoms with Gasteiger partial charge in [0.05, 0.1) is 17.6 Å². The molecule has 2 N–H and O–H groups in total. The van der Waals surface area contributed by atoms with Crippen LogP contribution in [0, 0.1) is 0 Å². The first-order valence-corrected chi connectivity index (χ1v) is 6.04. The van der Waals surface area contributed by atoms with Gasteiger partial charge in [-0.2, -0.15) is 0 Å². The van der Waals surface area contributed by atoms with E-state index in [9.17, 15) is 0 Å². The molecule has 0 aliphatic rings. The van der Waals surface area contributed by atoms with Gasteiger partial charge in [0.25, 0.3) is 0 Å². The summed E-state index contributed by atoms with van der Waals surface area (Å²) in [4.78, 5) is 6.67. The van der Waals surface area contributed by atoms with Crippen molar-refractivity contribution >= 4 is 5.69 Å². The number of nitrogens with zero attached hydrogens (tertiary/aromatic N) is 2. The molecule has 0 aliphatic carbocycles. The third-order valence-electron chi connectivity index (χ3n) is 3.13. The summed E-state index contributed by atoms with van der Waals surface area (Å²) in [6.07, 6.45) is 4.22. The molecule has 0 saturated carbocycles. The Morgan fingerprint density at radius 2 is 1.94 bits per heavy atom. The lowest BCUT2D eigenvalue weighted by molar-refractivity contribution is 0.590. The molecule has 0 spiro atoms. The molecule has 0 bridgehead atoms. The number of aromatic nitrogens is 1. The summed E-state index contributed by atoms with van der Waals surface area (Å²) in [5.41, 5.74) is 7.89. The molecule has 0 amide bonds. The van der Waals surface area contributed by atoms with Crippen molar-refractivity contribution in [2.45, 2.75) is 45.7 Å². The Bertz CT molecular complexity index is 301. The average Bonchev–Trinajstić information content (AvgIpc) is 2.30. The van der Waals surface area contributed by atoms with Crippen molar-refractivity contribution in [3.63, 3.8) is 0 Å². The number of hydrogen-bond donors (Lipinski definition) is 1. The van der Waals surface area contributed by atoms with E-state index in [1.165, 1.54) is 0 Å². The molecule has 0 fully saturated rings. The largest absolute Gasteiger partial charge is 0.370 e. The van der Waals surface area contributed by atoms with Crippen molar-refractivity contribution < 1.29 is 0 Å². The molecule has 0 aromatic carbocycles. The van der Waals surface area contributed by atoms with Gasteiger partial charge in [0, 0.05) is 19.1 Å². The van der Waals surface area contributed by atoms with E-state index in [2.05, 4.69) is 36.8 Å². The molecule has 0 aliphatic heterocycles. The van der Waals surface area contributed by atoms with Crippen molar-refractivity contribution in [1.82, 2.24) is 4.98 Å². The van der Waals surface area contributed by atoms with E-state index >= 15 is 0 Å². The number of pyridine rings is 1. The van der Waals surface area contributed by atoms with Crippen LogP contribution in [-0.2, 0) is 0 Å². The van der Waals surface area contributed by atoms with Crippen molar-refractivity contribution in [2.75, 3.05) is 11.9 Å². The minimum Gasteiger partial charge on any atom is -0.370 e. The molecule has 3 heteroatoms. The third kappa shape index (κ3) is 2.95. The first kappa shape index (κ1) is 13.0. The van der Waals surface area contributed by atoms with Gasteiger partial charge in [0.1, 0.15) is 0 Å². The quantitative estimate of drug-likeness (QED) is 0.831. The van der Waals surface area contributed by atoms with Crippen LogP contribution in [0.25, 0.3) is 0 Å². The summed E-state index contributed by atoms with van der Waals surface area (Å²) >= 11 is 0. The second kappa shape index (κ2) is 5.85. The third-order valence-corrected chi connectivity index (χ3v) is 3.13. The van der Waals surface area contributed by atoms with Crippen LogP contribution in [0.1, 0.15) is 45.3 Å². The van der Waals surface area contributed by atoms with Gasteiger partial charge < -0.3 is 10.6 Å². The number of nitrogens with two attached hydrogens (primary N) is 1. The van der Waals surface area contributed by atoms with Gasteiger partial charge in [0.15, 0.2) is 0 Å². The standard InChI is InChI=1S/C13H23N3/c1-5-11(6-2)16(4)12-7-8-13(10(3)14)15-9-12/h7-11H,5-6,14H2,1-4H3/t10-/m0/s1. The van der Waals surface area contributed by atoms with Crippen LogP contribution in [0.15, 0.2) is 18.3 Å². The van der Waals surface area contributed by atoms with Crippen molar-refractivity contribution in [1.29, 1.82) is 0 Å². The number of hydrogen-bond acceptors (Lipinski definition) is 3. The summed E-state index contributed by atoms with van der Waals surface area (Å²) in [6, 6.07) is 4.71. The lowest BCUT2D eigenvalue weighted by Gasteiger charge is -2.28. The van der Waals surface area contributed by atoms with E-state index in [0.29, 0.717) is 6.04 Å². The highest BCUT2D eigenvalue weighted by molar-refractivity contribution is 5.44. The minimum absolute atomic E-state index is 0.00695. The van der Waals surface area contributed by atoms with Crippen LogP contribution in [0.5, 0.6) is 0 Å². The van der Waals surface area contributed by atoms with Crippen LogP contribution in [0.3, 0.4) is 0 Å². The molecule has 1 heterocycles. The molecule has 0 unspecified atom stereocenters. The highest BCUT2D eigenvalue weighted by Gasteiger charge is 2.11. The van der Waals surface area contributed by atoms with Crippen molar-refractivity contribution in [3.05, 3.63) is 24.0 Å². The second-order valence-electron chi connectivity index (χ2n) is 4.31. The maximum absolute atomic E-state index is 5.78. The fourth-order valence-corrected chi connectivity index (χ4v) is 1.92. The number of anilines is 1. The lowest BCUT2D eigenvalue weighted by atomic mass is 10.1. The van der Waals surface area contributed by atoms with Crippen LogP contribution in [0.4, 0.5) is 5.69 Å². The zero-order valence-electron chi connectivity index (χ0n) is 10.8. The van der Waals surface area contributed by atoms with E-state index in [1.807, 2.05) is 19.2 Å². The topological polar surface area (TPSA) is 42.1 Å². The summed E-state index contributed by atoms with van der Waals surface area (Å²) < 4.78 is 0. The fourth-order valence-electron chi connectivity index (χ4n) is 1.92. The Morgan fingerprint density at radius 1 is 1.31 bits per heavy atom. The van der Waals surface area contributed by atoms with Crippen LogP contribution in [0.2, 0.25) is 0 Å². The summed E-state index contributed by atoms with van der Waals surface area (Å²) in [5.74, 6) is 0. The Balaban J connectivity index is 2.80. The molecule has 3 nitrogen and oxygen atoms in total. The normalized spacial score (nSPS) is 12.9. The maximum atomic E-state index is 5.78. The van der Waals surface area contributed by atoms with Crippen LogP contribution >= 0.6 is 0 Å². The molecule has 16 heavy (non-hydrogen) atoms. The molecular formula is C13H23N3. The molecule has 90 valence electrons. The van der Waals surface area contributed by atoms with Gasteiger partial charge in [-0.3, -0.25) is 4.98 Å². The Morgan fingerprint density at radius 3 is 2.31 bits per heavy atom. The van der Waals surface area contributed by atoms with Gasteiger partial charge in [-0.15, -0.1) is 0 Å². The fraction of sp³-hybridized carbons (Fsp3) is 0.615. The molecule has 0 radical (unpaired) electrons. The van der Waals surface area contributed by atoms with E-state index in [0.717, 1.165) is 24.2 Å². The first-order valence-electron chi connectivity index (χ1n) is 6.04. The molecule has 1 rings (SSSR count). The maximum Gasteiger partial charge on any atom is 0.0569 e. The Kier molecular flexibility index (Phi) is 4.74. The predicted octanol–water partition coefficient (Wildman–Crippen LogP) is 2.73. The summed E-state index contributed by atoms with van der Waals surface area (Å²) in [5, 5.41) is 0. The lowest BCUT2D eigenvalue weighted by Crippen LogP contribution is -2.30. The zero-order chi connectivity index (χ0) is 12.1. The smallest absolute Gasteiger partial charge is 0.0569 e. The zero-order valence-corrected chi connectivity index (χ0v) is 10.8. The number of rotatable bonds is 5. The van der Waals surface area contributed by atoms with Gasteiger partial charge >= 0.3 is 0 Å². The van der Waals surface area contributed by atoms with Crippen molar-refractivity contribution in [3.8, 4) is 0 Å². The predicted molar refractivity (Wildman–Crippen MR) is 69.6 cm³/mol. The average molecular weight is 221 g/mol. The van der Waals surface area contributed by atoms with Gasteiger partial charge in [-0.1, -0.05) is 13.8 Å². The molecular weight excluding hydrogens is 198 g/mol. The summed E-state index contributed by atoms with van der Waals surface area (Å²) in [6.45, 7) is 6.38. The SMILES string of the molecule is CCC(CC)N(C)c1ccc([C@H](C)N)nc1. The minimum atomic E-state index is 0.00695. The van der Waals surface area contributed by atoms with Crippen LogP contribution < -0.4 is 10.6 Å². The van der Waals surface area contributed by atoms with E-state index in [1.54, 1.807) is 0 Å². The van der Waals surface area contributed by atoms with Gasteiger partial charge in [-0.05, 0) is 31.9 Å². The molecule has 0 saturated heterocycles. The molecule has 1 aromatic rings. The van der Waals surface area contributed by atoms with Gasteiger partial charge in [-0.25, -0.2) is 0 Å². The first-order chi connectivity index (χ1) is 7.60. The second-order valence-corrected chi connectivity index (χ2v) is 4.31. The Hall–Kier alpha value is -1.09. The van der Waals surface area contributed by atoms with E-state index in [-0.39, 0.29) is 6.04 Å². The highest BCUT2D eigenvalue weighted by atomic mass is 15.1. The molecule has 1 aromatic heterocycles. The van der Waals surface area contributed by atoms with E-state index in [4.69, 9.17) is 5.73 Å². The van der Waals surface area contributed by atoms with Crippen molar-refractivity contribution in [2.24, 2.45) is 5.73 Å².